The van der Waals surface area contributed by atoms with Gasteiger partial charge in [0.1, 0.15) is 11.5 Å². The minimum Gasteiger partial charge on any atom is -0.497 e. The van der Waals surface area contributed by atoms with Crippen molar-refractivity contribution < 1.29 is 14.0 Å². The SMILES string of the molecule is COc1cc(C[P+](=O)c2ccccc2)cc(OC)c1. The van der Waals surface area contributed by atoms with E-state index in [0.29, 0.717) is 17.7 Å². The van der Waals surface area contributed by atoms with E-state index in [-0.39, 0.29) is 0 Å². The fourth-order valence-electron chi connectivity index (χ4n) is 1.81. The summed E-state index contributed by atoms with van der Waals surface area (Å²) in [6.45, 7) is 0. The third-order valence-corrected chi connectivity index (χ3v) is 4.31. The first-order chi connectivity index (χ1) is 9.22. The summed E-state index contributed by atoms with van der Waals surface area (Å²) in [5, 5.41) is 0.860. The van der Waals surface area contributed by atoms with Crippen molar-refractivity contribution >= 4 is 13.1 Å². The second-order valence-electron chi connectivity index (χ2n) is 4.09. The van der Waals surface area contributed by atoms with E-state index >= 15 is 0 Å². The Morgan fingerprint density at radius 3 is 2.05 bits per heavy atom. The molecule has 19 heavy (non-hydrogen) atoms. The topological polar surface area (TPSA) is 35.5 Å². The van der Waals surface area contributed by atoms with Gasteiger partial charge >= 0.3 is 7.80 Å². The van der Waals surface area contributed by atoms with E-state index in [4.69, 9.17) is 9.47 Å². The molecule has 0 saturated carbocycles. The Morgan fingerprint density at radius 1 is 0.947 bits per heavy atom. The van der Waals surface area contributed by atoms with Gasteiger partial charge in [0, 0.05) is 11.6 Å². The maximum atomic E-state index is 12.3. The van der Waals surface area contributed by atoms with E-state index in [1.54, 1.807) is 20.3 Å². The van der Waals surface area contributed by atoms with Crippen LogP contribution in [0.1, 0.15) is 5.56 Å². The quantitative estimate of drug-likeness (QED) is 0.785. The first-order valence-electron chi connectivity index (χ1n) is 5.94. The molecule has 98 valence electrons. The van der Waals surface area contributed by atoms with Gasteiger partial charge in [-0.05, 0) is 24.3 Å². The Bertz CT molecular complexity index is 545. The fraction of sp³-hybridized carbons (Fsp3) is 0.200. The highest BCUT2D eigenvalue weighted by Gasteiger charge is 2.20. The zero-order valence-electron chi connectivity index (χ0n) is 11.0. The minimum atomic E-state index is -1.45. The average molecular weight is 275 g/mol. The van der Waals surface area contributed by atoms with Gasteiger partial charge in [0.25, 0.3) is 0 Å². The summed E-state index contributed by atoms with van der Waals surface area (Å²) in [6, 6.07) is 15.1. The van der Waals surface area contributed by atoms with E-state index in [1.165, 1.54) is 0 Å². The normalized spacial score (nSPS) is 10.9. The Hall–Kier alpha value is -1.86. The van der Waals surface area contributed by atoms with Crippen molar-refractivity contribution in [3.63, 3.8) is 0 Å². The summed E-state index contributed by atoms with van der Waals surface area (Å²) in [4.78, 5) is 0. The Morgan fingerprint density at radius 2 is 1.53 bits per heavy atom. The molecule has 2 rings (SSSR count). The van der Waals surface area contributed by atoms with Crippen molar-refractivity contribution in [3.05, 3.63) is 54.1 Å². The maximum Gasteiger partial charge on any atom is 0.381 e. The maximum absolute atomic E-state index is 12.3. The molecule has 0 aliphatic rings. The predicted octanol–water partition coefficient (Wildman–Crippen LogP) is 3.36. The van der Waals surface area contributed by atoms with Gasteiger partial charge in [0.15, 0.2) is 11.5 Å². The third-order valence-electron chi connectivity index (χ3n) is 2.78. The molecule has 4 heteroatoms. The van der Waals surface area contributed by atoms with E-state index in [1.807, 2.05) is 42.5 Å². The molecule has 0 saturated heterocycles. The molecule has 0 fully saturated rings. The number of rotatable bonds is 5. The van der Waals surface area contributed by atoms with E-state index in [0.717, 1.165) is 10.9 Å². The number of hydrogen-bond acceptors (Lipinski definition) is 3. The lowest BCUT2D eigenvalue weighted by Gasteiger charge is -2.05. The molecule has 2 aromatic carbocycles. The first-order valence-corrected chi connectivity index (χ1v) is 7.39. The zero-order chi connectivity index (χ0) is 13.7. The summed E-state index contributed by atoms with van der Waals surface area (Å²) in [6.07, 6.45) is 0.479. The van der Waals surface area contributed by atoms with Crippen LogP contribution in [0.25, 0.3) is 0 Å². The smallest absolute Gasteiger partial charge is 0.381 e. The van der Waals surface area contributed by atoms with Crippen molar-refractivity contribution in [1.29, 1.82) is 0 Å². The van der Waals surface area contributed by atoms with Crippen LogP contribution in [0.2, 0.25) is 0 Å². The van der Waals surface area contributed by atoms with Gasteiger partial charge < -0.3 is 9.47 Å². The number of benzene rings is 2. The van der Waals surface area contributed by atoms with Gasteiger partial charge in [-0.25, -0.2) is 0 Å². The second kappa shape index (κ2) is 6.35. The summed E-state index contributed by atoms with van der Waals surface area (Å²) < 4.78 is 22.7. The summed E-state index contributed by atoms with van der Waals surface area (Å²) in [7, 11) is 1.77. The summed E-state index contributed by atoms with van der Waals surface area (Å²) in [5.74, 6) is 1.43. The van der Waals surface area contributed by atoms with Crippen molar-refractivity contribution in [2.45, 2.75) is 6.16 Å². The second-order valence-corrected chi connectivity index (χ2v) is 5.68. The van der Waals surface area contributed by atoms with Gasteiger partial charge in [0.2, 0.25) is 0 Å². The van der Waals surface area contributed by atoms with Gasteiger partial charge in [-0.1, -0.05) is 22.8 Å². The van der Waals surface area contributed by atoms with Crippen LogP contribution in [-0.2, 0) is 10.7 Å². The Labute approximate surface area is 114 Å². The van der Waals surface area contributed by atoms with Gasteiger partial charge in [-0.2, -0.15) is 0 Å². The summed E-state index contributed by atoms with van der Waals surface area (Å²) >= 11 is 0. The molecule has 0 amide bonds. The third kappa shape index (κ3) is 3.55. The zero-order valence-corrected chi connectivity index (χ0v) is 11.9. The molecule has 0 radical (unpaired) electrons. The highest BCUT2D eigenvalue weighted by atomic mass is 31.1. The van der Waals surface area contributed by atoms with Crippen molar-refractivity contribution in [2.24, 2.45) is 0 Å². The molecule has 0 aromatic heterocycles. The van der Waals surface area contributed by atoms with E-state index in [9.17, 15) is 4.57 Å². The lowest BCUT2D eigenvalue weighted by molar-refractivity contribution is 0.393. The molecule has 2 aromatic rings. The molecule has 1 atom stereocenters. The molecule has 0 bridgehead atoms. The highest BCUT2D eigenvalue weighted by Crippen LogP contribution is 2.30. The molecule has 0 aliphatic heterocycles. The molecule has 3 nitrogen and oxygen atoms in total. The van der Waals surface area contributed by atoms with Crippen LogP contribution >= 0.6 is 7.80 Å². The van der Waals surface area contributed by atoms with Gasteiger partial charge in [0.05, 0.1) is 14.2 Å². The lowest BCUT2D eigenvalue weighted by Crippen LogP contribution is -1.97. The summed E-state index contributed by atoms with van der Waals surface area (Å²) in [5.41, 5.74) is 0.946. The first kappa shape index (κ1) is 13.6. The predicted molar refractivity (Wildman–Crippen MR) is 76.9 cm³/mol. The molecule has 0 N–H and O–H groups in total. The monoisotopic (exact) mass is 275 g/mol. The van der Waals surface area contributed by atoms with Crippen LogP contribution in [0.4, 0.5) is 0 Å². The van der Waals surface area contributed by atoms with E-state index < -0.39 is 7.80 Å². The molecular weight excluding hydrogens is 259 g/mol. The van der Waals surface area contributed by atoms with Gasteiger partial charge in [-0.3, -0.25) is 0 Å². The van der Waals surface area contributed by atoms with Crippen LogP contribution in [-0.4, -0.2) is 14.2 Å². The molecule has 1 unspecified atom stereocenters. The lowest BCUT2D eigenvalue weighted by atomic mass is 10.2. The Kier molecular flexibility index (Phi) is 4.53. The molecule has 0 spiro atoms. The fourth-order valence-corrected chi connectivity index (χ4v) is 3.01. The van der Waals surface area contributed by atoms with Crippen LogP contribution in [0.3, 0.4) is 0 Å². The average Bonchev–Trinajstić information content (AvgIpc) is 2.47. The van der Waals surface area contributed by atoms with Crippen molar-refractivity contribution in [1.82, 2.24) is 0 Å². The molecular formula is C15H16O3P+. The number of methoxy groups -OCH3 is 2. The van der Waals surface area contributed by atoms with E-state index in [2.05, 4.69) is 0 Å². The minimum absolute atomic E-state index is 0.479. The standard InChI is InChI=1S/C15H16O3P/c1-17-13-8-12(9-14(10-13)18-2)11-19(16)15-6-4-3-5-7-15/h3-10H,11H2,1-2H3/q+1. The molecule has 0 heterocycles. The van der Waals surface area contributed by atoms with Gasteiger partial charge in [-0.15, -0.1) is 0 Å². The van der Waals surface area contributed by atoms with Crippen LogP contribution in [0, 0.1) is 0 Å². The number of hydrogen-bond donors (Lipinski definition) is 0. The molecule has 0 aliphatic carbocycles. The largest absolute Gasteiger partial charge is 0.497 e. The van der Waals surface area contributed by atoms with Crippen LogP contribution in [0.15, 0.2) is 48.5 Å². The van der Waals surface area contributed by atoms with Crippen molar-refractivity contribution in [3.8, 4) is 11.5 Å². The number of ether oxygens (including phenoxy) is 2. The Balaban J connectivity index is 2.21. The highest BCUT2D eigenvalue weighted by molar-refractivity contribution is 7.52. The van der Waals surface area contributed by atoms with Crippen LogP contribution < -0.4 is 14.8 Å². The van der Waals surface area contributed by atoms with Crippen LogP contribution in [0.5, 0.6) is 11.5 Å². The van der Waals surface area contributed by atoms with Crippen molar-refractivity contribution in [2.75, 3.05) is 14.2 Å².